The third-order valence-corrected chi connectivity index (χ3v) is 3.77. The summed E-state index contributed by atoms with van der Waals surface area (Å²) in [7, 11) is 0. The largest absolute Gasteiger partial charge is 0.369 e. The molecule has 1 saturated heterocycles. The van der Waals surface area contributed by atoms with E-state index >= 15 is 0 Å². The number of carbonyl (C=O) groups is 2. The number of nitrogens with zero attached hydrogens (tertiary/aromatic N) is 1. The molecule has 2 unspecified atom stereocenters. The van der Waals surface area contributed by atoms with Gasteiger partial charge in [0.1, 0.15) is 0 Å². The molecule has 0 aromatic rings. The molecule has 0 aliphatic carbocycles. The summed E-state index contributed by atoms with van der Waals surface area (Å²) in [6.45, 7) is 7.37. The van der Waals surface area contributed by atoms with Crippen LogP contribution in [-0.4, -0.2) is 36.3 Å². The molecule has 1 heterocycles. The van der Waals surface area contributed by atoms with Crippen LogP contribution in [0.5, 0.6) is 0 Å². The van der Waals surface area contributed by atoms with Crippen LogP contribution in [-0.2, 0) is 9.59 Å². The van der Waals surface area contributed by atoms with Gasteiger partial charge in [-0.3, -0.25) is 9.59 Å². The Kier molecular flexibility index (Phi) is 4.73. The lowest BCUT2D eigenvalue weighted by Crippen LogP contribution is -2.42. The zero-order chi connectivity index (χ0) is 13.9. The predicted molar refractivity (Wildman–Crippen MR) is 70.5 cm³/mol. The van der Waals surface area contributed by atoms with Crippen LogP contribution in [0.4, 0.5) is 0 Å². The van der Waals surface area contributed by atoms with Gasteiger partial charge in [-0.2, -0.15) is 0 Å². The third-order valence-electron chi connectivity index (χ3n) is 3.77. The van der Waals surface area contributed by atoms with Crippen molar-refractivity contribution >= 4 is 11.8 Å². The standard InChI is InChI=1S/C13H25N3O2/c1-9(2)6-10(7-14)11(17)16-5-4-13(3,8-16)12(15)18/h9-10H,4-8,14H2,1-3H3,(H2,15,18). The van der Waals surface area contributed by atoms with Crippen molar-refractivity contribution in [3.63, 3.8) is 0 Å². The molecule has 104 valence electrons. The van der Waals surface area contributed by atoms with E-state index in [9.17, 15) is 9.59 Å². The molecule has 0 spiro atoms. The van der Waals surface area contributed by atoms with E-state index in [1.807, 2.05) is 6.92 Å². The first-order chi connectivity index (χ1) is 8.30. The van der Waals surface area contributed by atoms with E-state index in [-0.39, 0.29) is 17.7 Å². The average molecular weight is 255 g/mol. The highest BCUT2D eigenvalue weighted by atomic mass is 16.2. The molecule has 5 heteroatoms. The van der Waals surface area contributed by atoms with Gasteiger partial charge in [-0.15, -0.1) is 0 Å². The van der Waals surface area contributed by atoms with Gasteiger partial charge in [-0.1, -0.05) is 13.8 Å². The molecular formula is C13H25N3O2. The van der Waals surface area contributed by atoms with E-state index in [4.69, 9.17) is 11.5 Å². The first-order valence-corrected chi connectivity index (χ1v) is 6.59. The molecule has 0 saturated carbocycles. The van der Waals surface area contributed by atoms with Gasteiger partial charge in [0.25, 0.3) is 0 Å². The molecule has 2 atom stereocenters. The van der Waals surface area contributed by atoms with Gasteiger partial charge in [0.05, 0.1) is 11.3 Å². The van der Waals surface area contributed by atoms with Crippen molar-refractivity contribution in [3.05, 3.63) is 0 Å². The molecule has 0 bridgehead atoms. The summed E-state index contributed by atoms with van der Waals surface area (Å²) in [5.41, 5.74) is 10.5. The summed E-state index contributed by atoms with van der Waals surface area (Å²) in [5.74, 6) is 0.0370. The molecule has 1 rings (SSSR count). The smallest absolute Gasteiger partial charge is 0.226 e. The van der Waals surface area contributed by atoms with Gasteiger partial charge in [-0.25, -0.2) is 0 Å². The molecule has 18 heavy (non-hydrogen) atoms. The topological polar surface area (TPSA) is 89.4 Å². The van der Waals surface area contributed by atoms with Crippen molar-refractivity contribution in [1.82, 2.24) is 4.90 Å². The van der Waals surface area contributed by atoms with Crippen LogP contribution in [0.1, 0.15) is 33.6 Å². The molecule has 2 amide bonds. The fourth-order valence-electron chi connectivity index (χ4n) is 2.48. The fourth-order valence-corrected chi connectivity index (χ4v) is 2.48. The van der Waals surface area contributed by atoms with Crippen molar-refractivity contribution in [2.75, 3.05) is 19.6 Å². The Balaban J connectivity index is 2.66. The lowest BCUT2D eigenvalue weighted by molar-refractivity contribution is -0.135. The van der Waals surface area contributed by atoms with Crippen LogP contribution < -0.4 is 11.5 Å². The Morgan fingerprint density at radius 1 is 1.39 bits per heavy atom. The van der Waals surface area contributed by atoms with Gasteiger partial charge in [0.15, 0.2) is 0 Å². The van der Waals surface area contributed by atoms with E-state index in [2.05, 4.69) is 13.8 Å². The Morgan fingerprint density at radius 2 is 2.00 bits per heavy atom. The van der Waals surface area contributed by atoms with E-state index in [0.717, 1.165) is 6.42 Å². The summed E-state index contributed by atoms with van der Waals surface area (Å²) in [5, 5.41) is 0. The normalized spacial score (nSPS) is 25.5. The molecule has 0 radical (unpaired) electrons. The summed E-state index contributed by atoms with van der Waals surface area (Å²) in [6.07, 6.45) is 1.44. The summed E-state index contributed by atoms with van der Waals surface area (Å²) < 4.78 is 0. The molecule has 0 aromatic heterocycles. The maximum Gasteiger partial charge on any atom is 0.226 e. The van der Waals surface area contributed by atoms with Gasteiger partial charge in [-0.05, 0) is 25.7 Å². The van der Waals surface area contributed by atoms with Crippen LogP contribution in [0.3, 0.4) is 0 Å². The monoisotopic (exact) mass is 255 g/mol. The van der Waals surface area contributed by atoms with Crippen LogP contribution in [0.15, 0.2) is 0 Å². The highest BCUT2D eigenvalue weighted by Crippen LogP contribution is 2.30. The molecule has 1 aliphatic heterocycles. The number of amides is 2. The second-order valence-electron chi connectivity index (χ2n) is 6.00. The molecular weight excluding hydrogens is 230 g/mol. The number of carbonyl (C=O) groups excluding carboxylic acids is 2. The first kappa shape index (κ1) is 15.0. The second kappa shape index (κ2) is 5.69. The average Bonchev–Trinajstić information content (AvgIpc) is 2.69. The quantitative estimate of drug-likeness (QED) is 0.742. The Bertz CT molecular complexity index is 330. The minimum absolute atomic E-state index is 0.0659. The molecule has 1 fully saturated rings. The van der Waals surface area contributed by atoms with E-state index in [1.54, 1.807) is 4.90 Å². The third kappa shape index (κ3) is 3.22. The first-order valence-electron chi connectivity index (χ1n) is 6.59. The number of hydrogen-bond acceptors (Lipinski definition) is 3. The van der Waals surface area contributed by atoms with Crippen molar-refractivity contribution in [2.45, 2.75) is 33.6 Å². The van der Waals surface area contributed by atoms with E-state index in [1.165, 1.54) is 0 Å². The van der Waals surface area contributed by atoms with Crippen LogP contribution >= 0.6 is 0 Å². The number of hydrogen-bond donors (Lipinski definition) is 2. The molecule has 4 N–H and O–H groups in total. The highest BCUT2D eigenvalue weighted by molar-refractivity contribution is 5.84. The van der Waals surface area contributed by atoms with Crippen molar-refractivity contribution in [1.29, 1.82) is 0 Å². The fraction of sp³-hybridized carbons (Fsp3) is 0.846. The van der Waals surface area contributed by atoms with Crippen molar-refractivity contribution in [2.24, 2.45) is 28.7 Å². The zero-order valence-electron chi connectivity index (χ0n) is 11.6. The molecule has 5 nitrogen and oxygen atoms in total. The van der Waals surface area contributed by atoms with Gasteiger partial charge < -0.3 is 16.4 Å². The number of nitrogens with two attached hydrogens (primary N) is 2. The molecule has 0 aromatic carbocycles. The van der Waals surface area contributed by atoms with Crippen molar-refractivity contribution in [3.8, 4) is 0 Å². The maximum atomic E-state index is 12.3. The lowest BCUT2D eigenvalue weighted by atomic mass is 9.89. The van der Waals surface area contributed by atoms with Crippen LogP contribution in [0, 0.1) is 17.3 Å². The Morgan fingerprint density at radius 3 is 2.39 bits per heavy atom. The minimum Gasteiger partial charge on any atom is -0.369 e. The number of primary amides is 1. The summed E-state index contributed by atoms with van der Waals surface area (Å²) >= 11 is 0. The number of rotatable bonds is 5. The lowest BCUT2D eigenvalue weighted by Gasteiger charge is -2.25. The van der Waals surface area contributed by atoms with Crippen LogP contribution in [0.2, 0.25) is 0 Å². The summed E-state index contributed by atoms with van der Waals surface area (Å²) in [4.78, 5) is 25.4. The van der Waals surface area contributed by atoms with Crippen molar-refractivity contribution < 1.29 is 9.59 Å². The second-order valence-corrected chi connectivity index (χ2v) is 6.00. The SMILES string of the molecule is CC(C)CC(CN)C(=O)N1CCC(C)(C(N)=O)C1. The van der Waals surface area contributed by atoms with E-state index in [0.29, 0.717) is 32.0 Å². The zero-order valence-corrected chi connectivity index (χ0v) is 11.6. The Hall–Kier alpha value is -1.10. The van der Waals surface area contributed by atoms with Gasteiger partial charge in [0, 0.05) is 19.6 Å². The van der Waals surface area contributed by atoms with Gasteiger partial charge in [0.2, 0.25) is 11.8 Å². The predicted octanol–water partition coefficient (Wildman–Crippen LogP) is 0.331. The summed E-state index contributed by atoms with van der Waals surface area (Å²) in [6, 6.07) is 0. The highest BCUT2D eigenvalue weighted by Gasteiger charge is 2.41. The van der Waals surface area contributed by atoms with Crippen LogP contribution in [0.25, 0.3) is 0 Å². The number of likely N-dealkylation sites (tertiary alicyclic amines) is 1. The molecule has 1 aliphatic rings. The Labute approximate surface area is 109 Å². The van der Waals surface area contributed by atoms with Gasteiger partial charge >= 0.3 is 0 Å². The maximum absolute atomic E-state index is 12.3. The minimum atomic E-state index is -0.577. The van der Waals surface area contributed by atoms with E-state index < -0.39 is 5.41 Å².